The minimum Gasteiger partial charge on any atom is -0.324 e. The van der Waals surface area contributed by atoms with Crippen LogP contribution in [0.4, 0.5) is 11.4 Å². The molecule has 0 aliphatic carbocycles. The van der Waals surface area contributed by atoms with Gasteiger partial charge in [-0.3, -0.25) is 9.59 Å². The zero-order valence-electron chi connectivity index (χ0n) is 14.9. The SMILES string of the molecule is Cc1cc(C)c(N2CC(C(=O)Nc3cc(Cl)ccc3Cl)CC2=O)c(C)c1. The fraction of sp³-hybridized carbons (Fsp3) is 0.300. The number of carbonyl (C=O) groups is 2. The van der Waals surface area contributed by atoms with E-state index in [1.165, 1.54) is 0 Å². The van der Waals surface area contributed by atoms with Crippen LogP contribution in [0, 0.1) is 26.7 Å². The molecule has 1 aliphatic rings. The molecule has 26 heavy (non-hydrogen) atoms. The highest BCUT2D eigenvalue weighted by Gasteiger charge is 2.36. The molecule has 0 spiro atoms. The fourth-order valence-electron chi connectivity index (χ4n) is 3.53. The monoisotopic (exact) mass is 390 g/mol. The lowest BCUT2D eigenvalue weighted by atomic mass is 10.0. The summed E-state index contributed by atoms with van der Waals surface area (Å²) >= 11 is 12.1. The quantitative estimate of drug-likeness (QED) is 0.808. The molecule has 2 amide bonds. The van der Waals surface area contributed by atoms with Crippen molar-refractivity contribution in [2.45, 2.75) is 27.2 Å². The maximum absolute atomic E-state index is 12.6. The first kappa shape index (κ1) is 18.7. The van der Waals surface area contributed by atoms with Crippen molar-refractivity contribution >= 4 is 46.4 Å². The molecule has 6 heteroatoms. The topological polar surface area (TPSA) is 49.4 Å². The van der Waals surface area contributed by atoms with Crippen molar-refractivity contribution < 1.29 is 9.59 Å². The van der Waals surface area contributed by atoms with Gasteiger partial charge in [0, 0.05) is 23.7 Å². The molecule has 1 unspecified atom stereocenters. The van der Waals surface area contributed by atoms with Gasteiger partial charge in [0.2, 0.25) is 11.8 Å². The van der Waals surface area contributed by atoms with E-state index < -0.39 is 5.92 Å². The molecule has 1 aliphatic heterocycles. The van der Waals surface area contributed by atoms with E-state index in [2.05, 4.69) is 17.4 Å². The number of nitrogens with zero attached hydrogens (tertiary/aromatic N) is 1. The first-order chi connectivity index (χ1) is 12.3. The average molecular weight is 391 g/mol. The molecule has 1 atom stereocenters. The number of nitrogens with one attached hydrogen (secondary N) is 1. The molecule has 0 bridgehead atoms. The second kappa shape index (κ2) is 7.29. The molecule has 1 N–H and O–H groups in total. The largest absolute Gasteiger partial charge is 0.324 e. The summed E-state index contributed by atoms with van der Waals surface area (Å²) in [4.78, 5) is 26.9. The number of rotatable bonds is 3. The second-order valence-corrected chi connectivity index (χ2v) is 7.61. The van der Waals surface area contributed by atoms with Crippen molar-refractivity contribution in [2.75, 3.05) is 16.8 Å². The summed E-state index contributed by atoms with van der Waals surface area (Å²) in [6.07, 6.45) is 0.177. The zero-order chi connectivity index (χ0) is 19.0. The minimum absolute atomic E-state index is 0.0441. The van der Waals surface area contributed by atoms with Crippen LogP contribution >= 0.6 is 23.2 Å². The number of benzene rings is 2. The van der Waals surface area contributed by atoms with Crippen LogP contribution in [-0.2, 0) is 9.59 Å². The van der Waals surface area contributed by atoms with Gasteiger partial charge in [0.05, 0.1) is 16.6 Å². The highest BCUT2D eigenvalue weighted by atomic mass is 35.5. The third kappa shape index (κ3) is 3.71. The van der Waals surface area contributed by atoms with E-state index in [-0.39, 0.29) is 18.2 Å². The summed E-state index contributed by atoms with van der Waals surface area (Å²) in [5.74, 6) is -0.706. The number of amides is 2. The molecular formula is C20H20Cl2N2O2. The first-order valence-electron chi connectivity index (χ1n) is 8.40. The molecule has 4 nitrogen and oxygen atoms in total. The number of carbonyl (C=O) groups excluding carboxylic acids is 2. The van der Waals surface area contributed by atoms with E-state index in [1.54, 1.807) is 23.1 Å². The summed E-state index contributed by atoms with van der Waals surface area (Å²) in [6.45, 7) is 6.36. The van der Waals surface area contributed by atoms with Crippen LogP contribution in [0.25, 0.3) is 0 Å². The summed E-state index contributed by atoms with van der Waals surface area (Å²) in [5.41, 5.74) is 4.58. The van der Waals surface area contributed by atoms with Gasteiger partial charge in [-0.2, -0.15) is 0 Å². The third-order valence-electron chi connectivity index (χ3n) is 4.59. The number of anilines is 2. The molecule has 0 saturated carbocycles. The Morgan fingerprint density at radius 1 is 1.12 bits per heavy atom. The van der Waals surface area contributed by atoms with Gasteiger partial charge in [0.15, 0.2) is 0 Å². The van der Waals surface area contributed by atoms with Gasteiger partial charge in [-0.25, -0.2) is 0 Å². The van der Waals surface area contributed by atoms with E-state index in [0.29, 0.717) is 22.3 Å². The Morgan fingerprint density at radius 3 is 2.42 bits per heavy atom. The van der Waals surface area contributed by atoms with E-state index in [4.69, 9.17) is 23.2 Å². The predicted octanol–water partition coefficient (Wildman–Crippen LogP) is 4.91. The first-order valence-corrected chi connectivity index (χ1v) is 9.16. The lowest BCUT2D eigenvalue weighted by Crippen LogP contribution is -2.29. The Labute approximate surface area is 163 Å². The molecule has 2 aromatic carbocycles. The van der Waals surface area contributed by atoms with E-state index in [1.807, 2.05) is 20.8 Å². The molecule has 0 aromatic heterocycles. The van der Waals surface area contributed by atoms with Gasteiger partial charge in [0.1, 0.15) is 0 Å². The van der Waals surface area contributed by atoms with Crippen LogP contribution < -0.4 is 10.2 Å². The molecule has 3 rings (SSSR count). The summed E-state index contributed by atoms with van der Waals surface area (Å²) in [7, 11) is 0. The molecule has 1 heterocycles. The normalized spacial score (nSPS) is 16.9. The Hall–Kier alpha value is -2.04. The molecular weight excluding hydrogens is 371 g/mol. The smallest absolute Gasteiger partial charge is 0.229 e. The van der Waals surface area contributed by atoms with Crippen molar-refractivity contribution in [1.29, 1.82) is 0 Å². The van der Waals surface area contributed by atoms with Gasteiger partial charge < -0.3 is 10.2 Å². The van der Waals surface area contributed by atoms with E-state index >= 15 is 0 Å². The Kier molecular flexibility index (Phi) is 5.26. The van der Waals surface area contributed by atoms with Crippen LogP contribution in [0.2, 0.25) is 10.0 Å². The Bertz CT molecular complexity index is 872. The number of aryl methyl sites for hydroxylation is 3. The van der Waals surface area contributed by atoms with Crippen molar-refractivity contribution in [2.24, 2.45) is 5.92 Å². The highest BCUT2D eigenvalue weighted by Crippen LogP contribution is 2.33. The number of hydrogen-bond acceptors (Lipinski definition) is 2. The number of halogens is 2. The lowest BCUT2D eigenvalue weighted by Gasteiger charge is -2.22. The molecule has 0 radical (unpaired) electrons. The van der Waals surface area contributed by atoms with Gasteiger partial charge >= 0.3 is 0 Å². The average Bonchev–Trinajstić information content (AvgIpc) is 2.92. The predicted molar refractivity (Wildman–Crippen MR) is 106 cm³/mol. The fourth-order valence-corrected chi connectivity index (χ4v) is 3.86. The van der Waals surface area contributed by atoms with Crippen molar-refractivity contribution in [3.05, 3.63) is 57.1 Å². The van der Waals surface area contributed by atoms with Crippen molar-refractivity contribution in [3.63, 3.8) is 0 Å². The standard InChI is InChI=1S/C20H20Cl2N2O2/c1-11-6-12(2)19(13(3)7-11)24-10-14(8-18(24)25)20(26)23-17-9-15(21)4-5-16(17)22/h4-7,9,14H,8,10H2,1-3H3,(H,23,26). The van der Waals surface area contributed by atoms with Crippen LogP contribution in [0.3, 0.4) is 0 Å². The maximum Gasteiger partial charge on any atom is 0.229 e. The molecule has 1 fully saturated rings. The highest BCUT2D eigenvalue weighted by molar-refractivity contribution is 6.35. The summed E-state index contributed by atoms with van der Waals surface area (Å²) in [6, 6.07) is 8.99. The maximum atomic E-state index is 12.6. The van der Waals surface area contributed by atoms with Gasteiger partial charge in [-0.05, 0) is 50.1 Å². The van der Waals surface area contributed by atoms with Crippen LogP contribution in [0.5, 0.6) is 0 Å². The van der Waals surface area contributed by atoms with Gasteiger partial charge in [0.25, 0.3) is 0 Å². The molecule has 2 aromatic rings. The Morgan fingerprint density at radius 2 is 1.77 bits per heavy atom. The summed E-state index contributed by atoms with van der Waals surface area (Å²) in [5, 5.41) is 3.69. The lowest BCUT2D eigenvalue weighted by molar-refractivity contribution is -0.122. The van der Waals surface area contributed by atoms with Crippen LogP contribution in [-0.4, -0.2) is 18.4 Å². The van der Waals surface area contributed by atoms with Crippen molar-refractivity contribution in [3.8, 4) is 0 Å². The summed E-state index contributed by atoms with van der Waals surface area (Å²) < 4.78 is 0. The van der Waals surface area contributed by atoms with E-state index in [9.17, 15) is 9.59 Å². The van der Waals surface area contributed by atoms with E-state index in [0.717, 1.165) is 22.4 Å². The number of hydrogen-bond donors (Lipinski definition) is 1. The third-order valence-corrected chi connectivity index (χ3v) is 5.15. The van der Waals surface area contributed by atoms with Crippen molar-refractivity contribution in [1.82, 2.24) is 0 Å². The minimum atomic E-state index is -0.433. The second-order valence-electron chi connectivity index (χ2n) is 6.77. The molecule has 1 saturated heterocycles. The van der Waals surface area contributed by atoms with Crippen LogP contribution in [0.1, 0.15) is 23.1 Å². The van der Waals surface area contributed by atoms with Gasteiger partial charge in [-0.15, -0.1) is 0 Å². The van der Waals surface area contributed by atoms with Gasteiger partial charge in [-0.1, -0.05) is 40.9 Å². The van der Waals surface area contributed by atoms with Crippen LogP contribution in [0.15, 0.2) is 30.3 Å². The molecule has 136 valence electrons. The zero-order valence-corrected chi connectivity index (χ0v) is 16.4. The Balaban J connectivity index is 1.79.